The first-order valence-electron chi connectivity index (χ1n) is 11.1. The van der Waals surface area contributed by atoms with E-state index in [4.69, 9.17) is 16.3 Å². The van der Waals surface area contributed by atoms with Gasteiger partial charge in [0.25, 0.3) is 17.7 Å². The number of hydrogen-bond donors (Lipinski definition) is 2. The molecule has 1 aliphatic rings. The van der Waals surface area contributed by atoms with Crippen LogP contribution in [0.5, 0.6) is 5.75 Å². The van der Waals surface area contributed by atoms with Crippen molar-refractivity contribution >= 4 is 68.7 Å². The Bertz CT molecular complexity index is 1450. The summed E-state index contributed by atoms with van der Waals surface area (Å²) in [6, 6.07) is 15.9. The molecule has 0 saturated carbocycles. The Hall–Kier alpha value is -3.95. The van der Waals surface area contributed by atoms with Crippen LogP contribution in [0.25, 0.3) is 6.08 Å². The average molecular weight is 583 g/mol. The highest BCUT2D eigenvalue weighted by Crippen LogP contribution is 2.28. The summed E-state index contributed by atoms with van der Waals surface area (Å²) in [6.07, 6.45) is 1.33. The third-order valence-corrected chi connectivity index (χ3v) is 6.51. The van der Waals surface area contributed by atoms with Crippen LogP contribution in [0, 0.1) is 13.8 Å². The van der Waals surface area contributed by atoms with Gasteiger partial charge in [-0.1, -0.05) is 45.7 Å². The number of carbonyl (C=O) groups is 4. The van der Waals surface area contributed by atoms with E-state index in [0.717, 1.165) is 20.5 Å². The van der Waals surface area contributed by atoms with E-state index in [2.05, 4.69) is 26.6 Å². The fraction of sp³-hybridized carbons (Fsp3) is 0.111. The number of benzene rings is 3. The number of carbonyl (C=O) groups excluding carboxylic acids is 4. The number of rotatable bonds is 6. The molecule has 3 aromatic carbocycles. The third-order valence-electron chi connectivity index (χ3n) is 5.69. The molecule has 0 bridgehead atoms. The smallest absolute Gasteiger partial charge is 0.335 e. The van der Waals surface area contributed by atoms with Gasteiger partial charge in [-0.2, -0.15) is 0 Å². The highest BCUT2D eigenvalue weighted by molar-refractivity contribution is 9.10. The maximum Gasteiger partial charge on any atom is 0.335 e. The topological polar surface area (TPSA) is 105 Å². The number of urea groups is 1. The molecule has 4 rings (SSSR count). The van der Waals surface area contributed by atoms with Crippen LogP contribution in [0.1, 0.15) is 16.7 Å². The minimum atomic E-state index is -0.838. The van der Waals surface area contributed by atoms with E-state index in [1.165, 1.54) is 18.2 Å². The number of halogens is 2. The first-order valence-corrected chi connectivity index (χ1v) is 12.3. The largest absolute Gasteiger partial charge is 0.482 e. The minimum Gasteiger partial charge on any atom is -0.482 e. The van der Waals surface area contributed by atoms with Crippen molar-refractivity contribution in [3.8, 4) is 5.75 Å². The number of imide groups is 2. The number of amides is 5. The zero-order chi connectivity index (χ0) is 26.7. The number of hydrogen-bond acceptors (Lipinski definition) is 5. The highest BCUT2D eigenvalue weighted by Gasteiger charge is 2.36. The molecule has 37 heavy (non-hydrogen) atoms. The Morgan fingerprint density at radius 2 is 1.81 bits per heavy atom. The van der Waals surface area contributed by atoms with Gasteiger partial charge in [-0.15, -0.1) is 0 Å². The van der Waals surface area contributed by atoms with Gasteiger partial charge in [0.1, 0.15) is 11.3 Å². The average Bonchev–Trinajstić information content (AvgIpc) is 2.85. The second-order valence-corrected chi connectivity index (χ2v) is 9.53. The Morgan fingerprint density at radius 1 is 1.08 bits per heavy atom. The first-order chi connectivity index (χ1) is 17.6. The first kappa shape index (κ1) is 26.1. The molecule has 5 amide bonds. The summed E-state index contributed by atoms with van der Waals surface area (Å²) in [6.45, 7) is 3.61. The number of aryl methyl sites for hydroxylation is 1. The van der Waals surface area contributed by atoms with Crippen molar-refractivity contribution in [3.63, 3.8) is 0 Å². The molecule has 2 N–H and O–H groups in total. The van der Waals surface area contributed by atoms with Crippen LogP contribution in [-0.4, -0.2) is 30.4 Å². The molecule has 0 atom stereocenters. The van der Waals surface area contributed by atoms with E-state index in [0.29, 0.717) is 16.9 Å². The van der Waals surface area contributed by atoms with E-state index in [9.17, 15) is 19.2 Å². The van der Waals surface area contributed by atoms with Gasteiger partial charge in [-0.25, -0.2) is 9.69 Å². The number of nitrogens with zero attached hydrogens (tertiary/aromatic N) is 1. The van der Waals surface area contributed by atoms with Crippen LogP contribution < -0.4 is 20.3 Å². The molecule has 1 aliphatic heterocycles. The number of barbiturate groups is 1. The van der Waals surface area contributed by atoms with E-state index in [-0.39, 0.29) is 28.9 Å². The predicted octanol–water partition coefficient (Wildman–Crippen LogP) is 5.40. The summed E-state index contributed by atoms with van der Waals surface area (Å²) in [5.74, 6) is -1.68. The zero-order valence-electron chi connectivity index (χ0n) is 19.8. The highest BCUT2D eigenvalue weighted by atomic mass is 79.9. The van der Waals surface area contributed by atoms with Crippen molar-refractivity contribution in [3.05, 3.63) is 92.4 Å². The van der Waals surface area contributed by atoms with Gasteiger partial charge in [0.05, 0.1) is 10.7 Å². The van der Waals surface area contributed by atoms with Crippen LogP contribution in [0.4, 0.5) is 16.2 Å². The quantitative estimate of drug-likeness (QED) is 0.299. The monoisotopic (exact) mass is 581 g/mol. The zero-order valence-corrected chi connectivity index (χ0v) is 22.1. The minimum absolute atomic E-state index is 0.179. The molecule has 0 aliphatic carbocycles. The lowest BCUT2D eigenvalue weighted by Gasteiger charge is -2.26. The lowest BCUT2D eigenvalue weighted by atomic mass is 10.1. The van der Waals surface area contributed by atoms with Gasteiger partial charge in [0, 0.05) is 10.2 Å². The Morgan fingerprint density at radius 3 is 2.51 bits per heavy atom. The molecule has 1 saturated heterocycles. The summed E-state index contributed by atoms with van der Waals surface area (Å²) in [5.41, 5.74) is 3.23. The summed E-state index contributed by atoms with van der Waals surface area (Å²) in [4.78, 5) is 51.0. The van der Waals surface area contributed by atoms with E-state index in [1.54, 1.807) is 30.3 Å². The third kappa shape index (κ3) is 5.90. The Balaban J connectivity index is 1.47. The number of ether oxygens (including phenoxy) is 1. The van der Waals surface area contributed by atoms with Crippen LogP contribution >= 0.6 is 27.5 Å². The fourth-order valence-electron chi connectivity index (χ4n) is 3.59. The molecule has 8 nitrogen and oxygen atoms in total. The van der Waals surface area contributed by atoms with Gasteiger partial charge in [-0.05, 0) is 79.1 Å². The van der Waals surface area contributed by atoms with E-state index >= 15 is 0 Å². The van der Waals surface area contributed by atoms with E-state index < -0.39 is 17.8 Å². The van der Waals surface area contributed by atoms with Crippen LogP contribution in [0.3, 0.4) is 0 Å². The van der Waals surface area contributed by atoms with Crippen LogP contribution in [0.2, 0.25) is 5.02 Å². The standard InChI is InChI=1S/C27H21BrClN3O5/c1-15-4-3-5-22(16(15)2)30-24(33)14-37-23-11-6-17(13-21(23)29)12-20-25(34)31-27(36)32(26(20)35)19-9-7-18(28)8-10-19/h3-13H,14H2,1-2H3,(H,30,33)(H,31,34,36)/b20-12+. The summed E-state index contributed by atoms with van der Waals surface area (Å²) in [5, 5.41) is 5.16. The molecule has 1 fully saturated rings. The fourth-order valence-corrected chi connectivity index (χ4v) is 4.10. The number of anilines is 2. The molecule has 3 aromatic rings. The van der Waals surface area contributed by atoms with Gasteiger partial charge in [0.15, 0.2) is 6.61 Å². The van der Waals surface area contributed by atoms with Crippen molar-refractivity contribution in [1.82, 2.24) is 5.32 Å². The van der Waals surface area contributed by atoms with Crippen molar-refractivity contribution in [1.29, 1.82) is 0 Å². The SMILES string of the molecule is Cc1cccc(NC(=O)COc2ccc(/C=C3\C(=O)NC(=O)N(c4ccc(Br)cc4)C3=O)cc2Cl)c1C. The van der Waals surface area contributed by atoms with Crippen molar-refractivity contribution in [2.24, 2.45) is 0 Å². The molecule has 0 spiro atoms. The summed E-state index contributed by atoms with van der Waals surface area (Å²) >= 11 is 9.63. The van der Waals surface area contributed by atoms with Crippen LogP contribution in [-0.2, 0) is 14.4 Å². The van der Waals surface area contributed by atoms with Crippen molar-refractivity contribution in [2.45, 2.75) is 13.8 Å². The molecule has 0 aromatic heterocycles. The molecule has 10 heteroatoms. The maximum atomic E-state index is 13.0. The molecular formula is C27H21BrClN3O5. The van der Waals surface area contributed by atoms with Crippen molar-refractivity contribution in [2.75, 3.05) is 16.8 Å². The van der Waals surface area contributed by atoms with Gasteiger partial charge >= 0.3 is 6.03 Å². The predicted molar refractivity (Wildman–Crippen MR) is 145 cm³/mol. The summed E-state index contributed by atoms with van der Waals surface area (Å²) < 4.78 is 6.33. The normalized spacial score (nSPS) is 14.5. The Kier molecular flexibility index (Phi) is 7.75. The lowest BCUT2D eigenvalue weighted by molar-refractivity contribution is -0.122. The van der Waals surface area contributed by atoms with E-state index in [1.807, 2.05) is 32.0 Å². The Labute approximate surface area is 226 Å². The van der Waals surface area contributed by atoms with Crippen molar-refractivity contribution < 1.29 is 23.9 Å². The molecular weight excluding hydrogens is 562 g/mol. The lowest BCUT2D eigenvalue weighted by Crippen LogP contribution is -2.54. The number of nitrogens with one attached hydrogen (secondary N) is 2. The van der Waals surface area contributed by atoms with Crippen LogP contribution in [0.15, 0.2) is 70.7 Å². The maximum absolute atomic E-state index is 13.0. The van der Waals surface area contributed by atoms with Gasteiger partial charge in [-0.3, -0.25) is 19.7 Å². The van der Waals surface area contributed by atoms with Gasteiger partial charge in [0.2, 0.25) is 0 Å². The molecule has 0 unspecified atom stereocenters. The molecule has 188 valence electrons. The summed E-state index contributed by atoms with van der Waals surface area (Å²) in [7, 11) is 0. The second kappa shape index (κ2) is 11.0. The molecule has 0 radical (unpaired) electrons. The second-order valence-electron chi connectivity index (χ2n) is 8.21. The molecule has 1 heterocycles. The van der Waals surface area contributed by atoms with Gasteiger partial charge < -0.3 is 10.1 Å².